The van der Waals surface area contributed by atoms with E-state index in [0.717, 1.165) is 12.8 Å². The van der Waals surface area contributed by atoms with Crippen molar-refractivity contribution in [1.29, 1.82) is 0 Å². The largest absolute Gasteiger partial charge is 0.382 e. The Hall–Kier alpha value is -1.89. The molecule has 0 amide bonds. The maximum atomic E-state index is 12.1. The fourth-order valence-electron chi connectivity index (χ4n) is 2.75. The molecule has 1 unspecified atom stereocenters. The zero-order valence-corrected chi connectivity index (χ0v) is 11.0. The van der Waals surface area contributed by atoms with E-state index in [2.05, 4.69) is 28.8 Å². The number of rotatable bonds is 2. The van der Waals surface area contributed by atoms with E-state index < -0.39 is 0 Å². The predicted molar refractivity (Wildman–Crippen MR) is 70.5 cm³/mol. The van der Waals surface area contributed by atoms with E-state index >= 15 is 0 Å². The van der Waals surface area contributed by atoms with Crippen LogP contribution in [0, 0.1) is 5.92 Å². The number of hydrogen-bond acceptors (Lipinski definition) is 5. The van der Waals surface area contributed by atoms with E-state index in [0.29, 0.717) is 17.1 Å². The van der Waals surface area contributed by atoms with Crippen molar-refractivity contribution in [3.63, 3.8) is 0 Å². The maximum absolute atomic E-state index is 12.1. The number of nitrogens with one attached hydrogen (secondary N) is 1. The van der Waals surface area contributed by atoms with E-state index in [1.807, 2.05) is 0 Å². The summed E-state index contributed by atoms with van der Waals surface area (Å²) in [5.74, 6) is 0.699. The maximum Gasteiger partial charge on any atom is 0.329 e. The molecular weight excluding hydrogens is 246 g/mol. The van der Waals surface area contributed by atoms with E-state index in [4.69, 9.17) is 10.5 Å². The number of aromatic nitrogens is 4. The lowest BCUT2D eigenvalue weighted by molar-refractivity contribution is -0.00464. The summed E-state index contributed by atoms with van der Waals surface area (Å²) in [5.41, 5.74) is 6.47. The number of fused-ring (bicyclic) bond motifs is 1. The van der Waals surface area contributed by atoms with Crippen molar-refractivity contribution in [2.75, 3.05) is 5.73 Å². The summed E-state index contributed by atoms with van der Waals surface area (Å²) in [7, 11) is 0. The topological polar surface area (TPSA) is 98.8 Å². The van der Waals surface area contributed by atoms with Crippen LogP contribution in [0.3, 0.4) is 0 Å². The first-order valence-corrected chi connectivity index (χ1v) is 6.48. The van der Waals surface area contributed by atoms with Gasteiger partial charge >= 0.3 is 5.69 Å². The molecule has 7 nitrogen and oxygen atoms in total. The number of hydrogen-bond donors (Lipinski definition) is 2. The molecule has 0 saturated carbocycles. The van der Waals surface area contributed by atoms with Crippen LogP contribution in [0.5, 0.6) is 0 Å². The van der Waals surface area contributed by atoms with Crippen molar-refractivity contribution >= 4 is 17.0 Å². The smallest absolute Gasteiger partial charge is 0.329 e. The molecule has 1 aliphatic heterocycles. The highest BCUT2D eigenvalue weighted by molar-refractivity contribution is 5.81. The van der Waals surface area contributed by atoms with Crippen molar-refractivity contribution in [2.45, 2.75) is 39.0 Å². The first kappa shape index (κ1) is 12.2. The van der Waals surface area contributed by atoms with Gasteiger partial charge in [0.1, 0.15) is 18.1 Å². The third-order valence-electron chi connectivity index (χ3n) is 3.77. The van der Waals surface area contributed by atoms with Crippen LogP contribution in [-0.2, 0) is 4.74 Å². The Labute approximate surface area is 109 Å². The van der Waals surface area contributed by atoms with Gasteiger partial charge in [0.2, 0.25) is 0 Å². The van der Waals surface area contributed by atoms with Gasteiger partial charge in [0.15, 0.2) is 11.5 Å². The molecule has 0 bridgehead atoms. The molecule has 0 aromatic carbocycles. The molecule has 1 aliphatic rings. The summed E-state index contributed by atoms with van der Waals surface area (Å²) in [5, 5.41) is 0. The Morgan fingerprint density at radius 3 is 3.05 bits per heavy atom. The van der Waals surface area contributed by atoms with Crippen LogP contribution in [0.25, 0.3) is 11.2 Å². The van der Waals surface area contributed by atoms with E-state index in [1.165, 1.54) is 6.33 Å². The van der Waals surface area contributed by atoms with Crippen LogP contribution in [0.4, 0.5) is 5.82 Å². The Morgan fingerprint density at radius 1 is 1.58 bits per heavy atom. The summed E-state index contributed by atoms with van der Waals surface area (Å²) >= 11 is 0. The van der Waals surface area contributed by atoms with E-state index in [-0.39, 0.29) is 23.8 Å². The number of aromatic amines is 1. The summed E-state index contributed by atoms with van der Waals surface area (Å²) in [6.07, 6.45) is 3.00. The van der Waals surface area contributed by atoms with Gasteiger partial charge in [-0.3, -0.25) is 0 Å². The number of ether oxygens (including phenoxy) is 1. The Balaban J connectivity index is 2.09. The summed E-state index contributed by atoms with van der Waals surface area (Å²) < 4.78 is 7.48. The molecule has 3 N–H and O–H groups in total. The number of nitrogens with zero attached hydrogens (tertiary/aromatic N) is 3. The third kappa shape index (κ3) is 1.81. The number of H-pyrrole nitrogens is 1. The van der Waals surface area contributed by atoms with Gasteiger partial charge in [-0.15, -0.1) is 0 Å². The van der Waals surface area contributed by atoms with Gasteiger partial charge < -0.3 is 15.5 Å². The van der Waals surface area contributed by atoms with E-state index in [1.54, 1.807) is 4.57 Å². The quantitative estimate of drug-likeness (QED) is 0.843. The molecule has 3 atom stereocenters. The zero-order valence-electron chi connectivity index (χ0n) is 11.0. The second-order valence-electron chi connectivity index (χ2n) is 5.01. The third-order valence-corrected chi connectivity index (χ3v) is 3.77. The molecule has 0 radical (unpaired) electrons. The normalized spacial score (nSPS) is 27.2. The lowest BCUT2D eigenvalue weighted by atomic mass is 10.0. The lowest BCUT2D eigenvalue weighted by Crippen LogP contribution is -2.22. The van der Waals surface area contributed by atoms with Crippen molar-refractivity contribution in [3.8, 4) is 0 Å². The number of anilines is 1. The fourth-order valence-corrected chi connectivity index (χ4v) is 2.75. The van der Waals surface area contributed by atoms with Gasteiger partial charge in [-0.25, -0.2) is 19.3 Å². The molecule has 2 aromatic heterocycles. The Morgan fingerprint density at radius 2 is 2.37 bits per heavy atom. The van der Waals surface area contributed by atoms with Crippen molar-refractivity contribution in [3.05, 3.63) is 16.8 Å². The molecule has 0 spiro atoms. The molecule has 2 aromatic rings. The van der Waals surface area contributed by atoms with E-state index in [9.17, 15) is 4.79 Å². The molecule has 1 saturated heterocycles. The molecule has 1 fully saturated rings. The van der Waals surface area contributed by atoms with Crippen molar-refractivity contribution < 1.29 is 4.74 Å². The van der Waals surface area contributed by atoms with Gasteiger partial charge in [-0.1, -0.05) is 13.8 Å². The molecule has 19 heavy (non-hydrogen) atoms. The molecule has 7 heteroatoms. The SMILES string of the molecule is CC[C@H]1O[C@@H](n2c(=O)[nH]c3c(N)ncnc32)CC1C. The van der Waals surface area contributed by atoms with Gasteiger partial charge in [-0.2, -0.15) is 0 Å². The second-order valence-corrected chi connectivity index (χ2v) is 5.01. The lowest BCUT2D eigenvalue weighted by Gasteiger charge is -2.13. The monoisotopic (exact) mass is 263 g/mol. The van der Waals surface area contributed by atoms with Crippen LogP contribution >= 0.6 is 0 Å². The standard InChI is InChI=1S/C12H17N5O2/c1-3-7-6(2)4-8(19-7)17-11-9(16-12(17)18)10(13)14-5-15-11/h5-8H,3-4H2,1-2H3,(H,16,18)(H2,13,14,15)/t6?,7-,8-/m1/s1. The first-order chi connectivity index (χ1) is 9.11. The van der Waals surface area contributed by atoms with Crippen LogP contribution < -0.4 is 11.4 Å². The molecule has 3 heterocycles. The molecule has 3 rings (SSSR count). The Kier molecular flexibility index (Phi) is 2.78. The minimum absolute atomic E-state index is 0.182. The van der Waals surface area contributed by atoms with Gasteiger partial charge in [0.05, 0.1) is 6.10 Å². The average molecular weight is 263 g/mol. The van der Waals surface area contributed by atoms with Gasteiger partial charge in [0.25, 0.3) is 0 Å². The summed E-state index contributed by atoms with van der Waals surface area (Å²) in [4.78, 5) is 22.8. The van der Waals surface area contributed by atoms with Gasteiger partial charge in [-0.05, 0) is 18.8 Å². The molecular formula is C12H17N5O2. The Bertz CT molecular complexity index is 662. The minimum atomic E-state index is -0.282. The average Bonchev–Trinajstić information content (AvgIpc) is 2.90. The highest BCUT2D eigenvalue weighted by Crippen LogP contribution is 2.35. The number of nitrogen functional groups attached to an aromatic ring is 1. The van der Waals surface area contributed by atoms with Crippen molar-refractivity contribution in [1.82, 2.24) is 19.5 Å². The van der Waals surface area contributed by atoms with Crippen LogP contribution in [-0.4, -0.2) is 25.6 Å². The van der Waals surface area contributed by atoms with Crippen molar-refractivity contribution in [2.24, 2.45) is 5.92 Å². The predicted octanol–water partition coefficient (Wildman–Crippen LogP) is 1.04. The first-order valence-electron chi connectivity index (χ1n) is 6.48. The highest BCUT2D eigenvalue weighted by Gasteiger charge is 2.34. The number of nitrogens with two attached hydrogens (primary N) is 1. The van der Waals surface area contributed by atoms with Crippen LogP contribution in [0.15, 0.2) is 11.1 Å². The highest BCUT2D eigenvalue weighted by atomic mass is 16.5. The minimum Gasteiger partial charge on any atom is -0.382 e. The summed E-state index contributed by atoms with van der Waals surface area (Å²) in [6, 6.07) is 0. The van der Waals surface area contributed by atoms with Crippen LogP contribution in [0.1, 0.15) is 32.9 Å². The van der Waals surface area contributed by atoms with Crippen LogP contribution in [0.2, 0.25) is 0 Å². The fraction of sp³-hybridized carbons (Fsp3) is 0.583. The summed E-state index contributed by atoms with van der Waals surface area (Å²) in [6.45, 7) is 4.22. The molecule has 102 valence electrons. The number of imidazole rings is 1. The zero-order chi connectivity index (χ0) is 13.6. The molecule has 0 aliphatic carbocycles. The van der Waals surface area contributed by atoms with Gasteiger partial charge in [0, 0.05) is 0 Å². The second kappa shape index (κ2) is 4.34.